The summed E-state index contributed by atoms with van der Waals surface area (Å²) in [5.41, 5.74) is 5.56. The van der Waals surface area contributed by atoms with Crippen LogP contribution in [0.25, 0.3) is 17.0 Å². The van der Waals surface area contributed by atoms with Crippen LogP contribution in [-0.4, -0.2) is 62.4 Å². The first-order valence-corrected chi connectivity index (χ1v) is 14.7. The lowest BCUT2D eigenvalue weighted by molar-refractivity contribution is -0.632. The van der Waals surface area contributed by atoms with E-state index in [0.29, 0.717) is 0 Å². The summed E-state index contributed by atoms with van der Waals surface area (Å²) >= 11 is 1.93. The number of fused-ring (bicyclic) bond motifs is 1. The van der Waals surface area contributed by atoms with Gasteiger partial charge in [0.25, 0.3) is 5.82 Å². The molecule has 0 aliphatic carbocycles. The SMILES string of the molecule is CCCN(CCCN(C)C)c1cc(/C=C2\Sc3cccc4c3N2CCC4)c2ccccc2[n+]1C.O=C(O)C(F)(F)F. The van der Waals surface area contributed by atoms with Crippen LogP contribution in [0.1, 0.15) is 37.3 Å². The molecule has 3 heterocycles. The number of carboxylic acid groups (broad SMARTS) is 1. The highest BCUT2D eigenvalue weighted by Crippen LogP contribution is 2.50. The van der Waals surface area contributed by atoms with E-state index in [2.05, 4.69) is 102 Å². The fourth-order valence-electron chi connectivity index (χ4n) is 5.38. The molecule has 220 valence electrons. The van der Waals surface area contributed by atoms with Crippen LogP contribution in [0, 0.1) is 0 Å². The summed E-state index contributed by atoms with van der Waals surface area (Å²) < 4.78 is 34.1. The van der Waals surface area contributed by atoms with E-state index in [1.807, 2.05) is 11.8 Å². The van der Waals surface area contributed by atoms with E-state index in [1.165, 1.54) is 56.3 Å². The normalized spacial score (nSPS) is 15.2. The standard InChI is InChI=1S/C29H37N4S.C2HF3O2/c1-5-16-32(18-10-17-30(2)3)27-20-23(24-13-6-7-14-25(24)31(27)4)21-28-33-19-9-12-22-11-8-15-26(34-28)29(22)33;3-2(4,5)1(6)7/h6-8,11,13-15,20-21H,5,9-10,12,16-19H2,1-4H3;(H,6,7)/q+1;. The van der Waals surface area contributed by atoms with Crippen molar-refractivity contribution in [1.82, 2.24) is 4.90 Å². The summed E-state index contributed by atoms with van der Waals surface area (Å²) in [6.07, 6.45) is 2.08. The molecular weight excluding hydrogens is 549 g/mol. The van der Waals surface area contributed by atoms with Crippen molar-refractivity contribution in [3.8, 4) is 0 Å². The van der Waals surface area contributed by atoms with Gasteiger partial charge in [0.05, 0.1) is 30.9 Å². The van der Waals surface area contributed by atoms with Crippen molar-refractivity contribution in [3.63, 3.8) is 0 Å². The minimum atomic E-state index is -5.08. The fraction of sp³-hybridized carbons (Fsp3) is 0.419. The molecular formula is C31H38F3N4O2S+. The molecule has 0 bridgehead atoms. The first-order valence-electron chi connectivity index (χ1n) is 13.9. The average Bonchev–Trinajstić information content (AvgIpc) is 3.28. The van der Waals surface area contributed by atoms with Gasteiger partial charge >= 0.3 is 12.1 Å². The Hall–Kier alpha value is -3.24. The van der Waals surface area contributed by atoms with E-state index in [1.54, 1.807) is 0 Å². The number of hydrogen-bond acceptors (Lipinski definition) is 5. The van der Waals surface area contributed by atoms with E-state index in [-0.39, 0.29) is 0 Å². The number of carbonyl (C=O) groups is 1. The highest BCUT2D eigenvalue weighted by Gasteiger charge is 2.38. The molecule has 0 atom stereocenters. The number of aryl methyl sites for hydroxylation is 2. The van der Waals surface area contributed by atoms with Gasteiger partial charge in [0.1, 0.15) is 5.52 Å². The number of thioether (sulfide) groups is 1. The van der Waals surface area contributed by atoms with Gasteiger partial charge in [-0.3, -0.25) is 4.90 Å². The first-order chi connectivity index (χ1) is 19.5. The molecule has 41 heavy (non-hydrogen) atoms. The van der Waals surface area contributed by atoms with Crippen molar-refractivity contribution < 1.29 is 27.6 Å². The summed E-state index contributed by atoms with van der Waals surface area (Å²) in [7, 11) is 6.54. The number of alkyl halides is 3. The second kappa shape index (κ2) is 13.2. The maximum Gasteiger partial charge on any atom is 0.490 e. The minimum Gasteiger partial charge on any atom is -0.475 e. The molecule has 0 saturated carbocycles. The van der Waals surface area contributed by atoms with E-state index >= 15 is 0 Å². The van der Waals surface area contributed by atoms with Gasteiger partial charge in [-0.2, -0.15) is 13.2 Å². The average molecular weight is 588 g/mol. The van der Waals surface area contributed by atoms with E-state index in [4.69, 9.17) is 9.90 Å². The number of nitrogens with zero attached hydrogens (tertiary/aromatic N) is 4. The van der Waals surface area contributed by atoms with Gasteiger partial charge in [0.2, 0.25) is 0 Å². The number of pyridine rings is 1. The lowest BCUT2D eigenvalue weighted by atomic mass is 10.0. The van der Waals surface area contributed by atoms with Crippen molar-refractivity contribution in [1.29, 1.82) is 0 Å². The topological polar surface area (TPSA) is 50.9 Å². The molecule has 1 N–H and O–H groups in total. The Labute approximate surface area is 244 Å². The van der Waals surface area contributed by atoms with Crippen LogP contribution < -0.4 is 14.4 Å². The zero-order valence-electron chi connectivity index (χ0n) is 24.0. The largest absolute Gasteiger partial charge is 0.490 e. The van der Waals surface area contributed by atoms with Crippen molar-refractivity contribution >= 4 is 46.2 Å². The number of aliphatic carboxylic acids is 1. The number of carboxylic acids is 1. The molecule has 0 fully saturated rings. The molecule has 0 spiro atoms. The third kappa shape index (κ3) is 7.16. The van der Waals surface area contributed by atoms with Crippen LogP contribution in [0.4, 0.5) is 24.7 Å². The van der Waals surface area contributed by atoms with Gasteiger partial charge in [-0.05, 0) is 69.1 Å². The lowest BCUT2D eigenvalue weighted by Gasteiger charge is -2.27. The molecule has 0 radical (unpaired) electrons. The third-order valence-corrected chi connectivity index (χ3v) is 8.33. The molecule has 6 nitrogen and oxygen atoms in total. The van der Waals surface area contributed by atoms with E-state index in [9.17, 15) is 13.2 Å². The van der Waals surface area contributed by atoms with E-state index in [0.717, 1.165) is 39.0 Å². The molecule has 2 aromatic carbocycles. The maximum atomic E-state index is 10.6. The van der Waals surface area contributed by atoms with Crippen LogP contribution in [0.2, 0.25) is 0 Å². The van der Waals surface area contributed by atoms with Gasteiger partial charge in [-0.15, -0.1) is 0 Å². The number of hydrogen-bond donors (Lipinski definition) is 1. The van der Waals surface area contributed by atoms with Crippen LogP contribution in [-0.2, 0) is 18.3 Å². The molecule has 0 amide bonds. The molecule has 10 heteroatoms. The van der Waals surface area contributed by atoms with Crippen molar-refractivity contribution in [2.45, 2.75) is 43.7 Å². The Kier molecular flexibility index (Phi) is 9.86. The van der Waals surface area contributed by atoms with Crippen LogP contribution in [0.3, 0.4) is 0 Å². The number of rotatable bonds is 8. The molecule has 1 aromatic heterocycles. The lowest BCUT2D eigenvalue weighted by Crippen LogP contribution is -2.41. The van der Waals surface area contributed by atoms with Gasteiger partial charge in [0, 0.05) is 29.4 Å². The Bertz CT molecular complexity index is 1420. The quantitative estimate of drug-likeness (QED) is 0.311. The van der Waals surface area contributed by atoms with Crippen molar-refractivity contribution in [2.75, 3.05) is 50.1 Å². The summed E-state index contributed by atoms with van der Waals surface area (Å²) in [4.78, 5) is 17.7. The summed E-state index contributed by atoms with van der Waals surface area (Å²) in [6.45, 7) is 6.65. The fourth-order valence-corrected chi connectivity index (χ4v) is 6.57. The number of halogens is 3. The monoisotopic (exact) mass is 587 g/mol. The Morgan fingerprint density at radius 3 is 2.54 bits per heavy atom. The molecule has 0 saturated heterocycles. The maximum absolute atomic E-state index is 10.6. The van der Waals surface area contributed by atoms with Crippen LogP contribution >= 0.6 is 11.8 Å². The summed E-state index contributed by atoms with van der Waals surface area (Å²) in [6, 6.07) is 18.1. The molecule has 0 unspecified atom stereocenters. The van der Waals surface area contributed by atoms with Crippen LogP contribution in [0.5, 0.6) is 0 Å². The van der Waals surface area contributed by atoms with Crippen molar-refractivity contribution in [3.05, 3.63) is 64.7 Å². The van der Waals surface area contributed by atoms with Crippen molar-refractivity contribution in [2.24, 2.45) is 7.05 Å². The van der Waals surface area contributed by atoms with Gasteiger partial charge in [-0.25, -0.2) is 9.36 Å². The number of para-hydroxylation sites is 2. The number of anilines is 2. The Morgan fingerprint density at radius 1 is 1.12 bits per heavy atom. The highest BCUT2D eigenvalue weighted by atomic mass is 32.2. The smallest absolute Gasteiger partial charge is 0.475 e. The highest BCUT2D eigenvalue weighted by molar-refractivity contribution is 8.03. The van der Waals surface area contributed by atoms with Gasteiger partial charge in [0.15, 0.2) is 0 Å². The summed E-state index contributed by atoms with van der Waals surface area (Å²) in [5, 5.41) is 9.81. The van der Waals surface area contributed by atoms with Gasteiger partial charge < -0.3 is 14.9 Å². The third-order valence-electron chi connectivity index (χ3n) is 7.24. The van der Waals surface area contributed by atoms with E-state index < -0.39 is 12.1 Å². The molecule has 3 aromatic rings. The molecule has 2 aliphatic heterocycles. The number of aromatic nitrogens is 1. The Morgan fingerprint density at radius 2 is 1.85 bits per heavy atom. The Balaban J connectivity index is 0.000000493. The second-order valence-electron chi connectivity index (χ2n) is 10.6. The predicted molar refractivity (Wildman–Crippen MR) is 160 cm³/mol. The van der Waals surface area contributed by atoms with Crippen LogP contribution in [0.15, 0.2) is 58.5 Å². The minimum absolute atomic E-state index is 1.07. The predicted octanol–water partition coefficient (Wildman–Crippen LogP) is 6.32. The first kappa shape index (κ1) is 30.7. The zero-order valence-corrected chi connectivity index (χ0v) is 24.9. The molecule has 2 aliphatic rings. The summed E-state index contributed by atoms with van der Waals surface area (Å²) in [5.74, 6) is -1.45. The second-order valence-corrected chi connectivity index (χ2v) is 11.6. The molecule has 5 rings (SSSR count). The number of benzene rings is 2. The zero-order chi connectivity index (χ0) is 29.7. The van der Waals surface area contributed by atoms with Gasteiger partial charge in [-0.1, -0.05) is 49.0 Å².